The van der Waals surface area contributed by atoms with E-state index in [-0.39, 0.29) is 0 Å². The minimum absolute atomic E-state index is 0.617. The second kappa shape index (κ2) is 5.89. The van der Waals surface area contributed by atoms with E-state index in [9.17, 15) is 0 Å². The van der Waals surface area contributed by atoms with Crippen LogP contribution in [0.3, 0.4) is 0 Å². The highest BCUT2D eigenvalue weighted by Gasteiger charge is 2.34. The maximum absolute atomic E-state index is 2.47. The molecule has 1 unspecified atom stereocenters. The van der Waals surface area contributed by atoms with Crippen molar-refractivity contribution in [2.24, 2.45) is 5.92 Å². The Bertz CT molecular complexity index is 645. The molecule has 0 spiro atoms. The molecule has 0 heteroatoms. The molecule has 0 amide bonds. The molecule has 21 heavy (non-hydrogen) atoms. The van der Waals surface area contributed by atoms with E-state index in [4.69, 9.17) is 0 Å². The molecule has 0 radical (unpaired) electrons. The van der Waals surface area contributed by atoms with Crippen molar-refractivity contribution in [2.45, 2.75) is 39.5 Å². The maximum atomic E-state index is 2.47. The average molecular weight is 276 g/mol. The summed E-state index contributed by atoms with van der Waals surface area (Å²) in [5.74, 6) is 1.48. The lowest BCUT2D eigenvalue weighted by atomic mass is 9.92. The zero-order chi connectivity index (χ0) is 14.8. The fourth-order valence-corrected chi connectivity index (χ4v) is 3.35. The van der Waals surface area contributed by atoms with Crippen LogP contribution in [0.1, 0.15) is 50.7 Å². The molecule has 0 nitrogen and oxygen atoms in total. The van der Waals surface area contributed by atoms with Crippen molar-refractivity contribution in [3.8, 4) is 11.1 Å². The number of hydrogen-bond donors (Lipinski definition) is 0. The molecular weight excluding hydrogens is 252 g/mol. The highest BCUT2D eigenvalue weighted by molar-refractivity contribution is 5.82. The van der Waals surface area contributed by atoms with Gasteiger partial charge in [0, 0.05) is 5.92 Å². The van der Waals surface area contributed by atoms with Crippen molar-refractivity contribution in [1.29, 1.82) is 0 Å². The van der Waals surface area contributed by atoms with E-state index >= 15 is 0 Å². The first-order valence-electron chi connectivity index (χ1n) is 8.24. The molecule has 0 heterocycles. The molecule has 0 aliphatic heterocycles. The lowest BCUT2D eigenvalue weighted by molar-refractivity contribution is 0.825. The lowest BCUT2D eigenvalue weighted by Crippen LogP contribution is -1.95. The quantitative estimate of drug-likeness (QED) is 0.604. The molecule has 0 N–H and O–H groups in total. The fourth-order valence-electron chi connectivity index (χ4n) is 3.35. The first-order chi connectivity index (χ1) is 10.3. The van der Waals surface area contributed by atoms with Crippen molar-refractivity contribution in [2.75, 3.05) is 0 Å². The standard InChI is InChI=1S/C19H18.C2H6/c1-13-16-8-5-9-17(14-6-3-2-4-7-14)19(16)12-18(13)15-10-11-15;1-2/h2-9,12-13,15H,10-11H2,1H3;1-2H3. The van der Waals surface area contributed by atoms with Crippen LogP contribution in [0.2, 0.25) is 0 Å². The van der Waals surface area contributed by atoms with Crippen molar-refractivity contribution in [3.63, 3.8) is 0 Å². The monoisotopic (exact) mass is 276 g/mol. The third kappa shape index (κ3) is 2.55. The normalized spacial score (nSPS) is 19.4. The zero-order valence-electron chi connectivity index (χ0n) is 13.3. The number of hydrogen-bond acceptors (Lipinski definition) is 0. The number of allylic oxidation sites excluding steroid dienone is 1. The fraction of sp³-hybridized carbons (Fsp3) is 0.333. The molecule has 0 saturated heterocycles. The van der Waals surface area contributed by atoms with Gasteiger partial charge in [0.1, 0.15) is 0 Å². The Kier molecular flexibility index (Phi) is 3.96. The second-order valence-corrected chi connectivity index (χ2v) is 5.81. The Balaban J connectivity index is 0.000000636. The topological polar surface area (TPSA) is 0 Å². The van der Waals surface area contributed by atoms with Crippen LogP contribution >= 0.6 is 0 Å². The number of benzene rings is 2. The van der Waals surface area contributed by atoms with Crippen molar-refractivity contribution < 1.29 is 0 Å². The molecule has 2 aromatic carbocycles. The van der Waals surface area contributed by atoms with Crippen LogP contribution in [0.25, 0.3) is 17.2 Å². The molecule has 1 atom stereocenters. The van der Waals surface area contributed by atoms with Crippen molar-refractivity contribution in [3.05, 3.63) is 65.2 Å². The Morgan fingerprint density at radius 1 is 0.857 bits per heavy atom. The molecule has 108 valence electrons. The van der Waals surface area contributed by atoms with Gasteiger partial charge in [-0.05, 0) is 41.0 Å². The Hall–Kier alpha value is -1.82. The Morgan fingerprint density at radius 3 is 2.24 bits per heavy atom. The van der Waals surface area contributed by atoms with Crippen LogP contribution < -0.4 is 0 Å². The first kappa shape index (κ1) is 14.1. The van der Waals surface area contributed by atoms with Gasteiger partial charge in [-0.15, -0.1) is 0 Å². The average Bonchev–Trinajstić information content (AvgIpc) is 3.34. The van der Waals surface area contributed by atoms with Crippen LogP contribution in [0.5, 0.6) is 0 Å². The first-order valence-corrected chi connectivity index (χ1v) is 8.24. The zero-order valence-corrected chi connectivity index (χ0v) is 13.3. The lowest BCUT2D eigenvalue weighted by Gasteiger charge is -2.12. The molecule has 1 fully saturated rings. The third-order valence-corrected chi connectivity index (χ3v) is 4.55. The van der Waals surface area contributed by atoms with Crippen LogP contribution in [0.15, 0.2) is 54.1 Å². The van der Waals surface area contributed by atoms with Gasteiger partial charge in [0.25, 0.3) is 0 Å². The van der Waals surface area contributed by atoms with E-state index in [1.807, 2.05) is 13.8 Å². The molecule has 2 aliphatic carbocycles. The van der Waals surface area contributed by atoms with Gasteiger partial charge in [-0.1, -0.05) is 81.0 Å². The highest BCUT2D eigenvalue weighted by atomic mass is 14.4. The largest absolute Gasteiger partial charge is 0.0683 e. The highest BCUT2D eigenvalue weighted by Crippen LogP contribution is 2.50. The van der Waals surface area contributed by atoms with Gasteiger partial charge in [0.05, 0.1) is 0 Å². The second-order valence-electron chi connectivity index (χ2n) is 5.81. The van der Waals surface area contributed by atoms with E-state index in [1.165, 1.54) is 35.1 Å². The summed E-state index contributed by atoms with van der Waals surface area (Å²) in [7, 11) is 0. The van der Waals surface area contributed by atoms with E-state index in [2.05, 4.69) is 61.5 Å². The SMILES string of the molecule is CC.CC1C(C2CC2)=Cc2c(-c3ccccc3)cccc21. The molecule has 1 saturated carbocycles. The predicted octanol–water partition coefficient (Wildman–Crippen LogP) is 6.29. The summed E-state index contributed by atoms with van der Waals surface area (Å²) in [6.45, 7) is 6.37. The van der Waals surface area contributed by atoms with Gasteiger partial charge in [-0.3, -0.25) is 0 Å². The van der Waals surface area contributed by atoms with Crippen LogP contribution in [0.4, 0.5) is 0 Å². The summed E-state index contributed by atoms with van der Waals surface area (Å²) in [6, 6.07) is 17.5. The summed E-state index contributed by atoms with van der Waals surface area (Å²) in [5, 5.41) is 0. The van der Waals surface area contributed by atoms with Gasteiger partial charge in [-0.25, -0.2) is 0 Å². The van der Waals surface area contributed by atoms with E-state index in [0.717, 1.165) is 5.92 Å². The minimum atomic E-state index is 0.617. The van der Waals surface area contributed by atoms with Crippen molar-refractivity contribution >= 4 is 6.08 Å². The van der Waals surface area contributed by atoms with Crippen molar-refractivity contribution in [1.82, 2.24) is 0 Å². The summed E-state index contributed by atoms with van der Waals surface area (Å²) < 4.78 is 0. The molecule has 0 aromatic heterocycles. The van der Waals surface area contributed by atoms with E-state index < -0.39 is 0 Å². The number of rotatable bonds is 2. The van der Waals surface area contributed by atoms with Crippen LogP contribution in [-0.4, -0.2) is 0 Å². The Labute approximate surface area is 128 Å². The van der Waals surface area contributed by atoms with E-state index in [1.54, 1.807) is 5.57 Å². The summed E-state index contributed by atoms with van der Waals surface area (Å²) in [6.07, 6.45) is 5.26. The number of fused-ring (bicyclic) bond motifs is 1. The van der Waals surface area contributed by atoms with Gasteiger partial charge in [0.15, 0.2) is 0 Å². The summed E-state index contributed by atoms with van der Waals surface area (Å²) >= 11 is 0. The van der Waals surface area contributed by atoms with Gasteiger partial charge in [-0.2, -0.15) is 0 Å². The van der Waals surface area contributed by atoms with Gasteiger partial charge in [0.2, 0.25) is 0 Å². The maximum Gasteiger partial charge on any atom is 0.00320 e. The predicted molar refractivity (Wildman–Crippen MR) is 92.3 cm³/mol. The van der Waals surface area contributed by atoms with Crippen LogP contribution in [0, 0.1) is 5.92 Å². The minimum Gasteiger partial charge on any atom is -0.0683 e. The molecule has 2 aromatic rings. The summed E-state index contributed by atoms with van der Waals surface area (Å²) in [5.41, 5.74) is 7.37. The molecular formula is C21H24. The Morgan fingerprint density at radius 2 is 1.57 bits per heavy atom. The van der Waals surface area contributed by atoms with E-state index in [0.29, 0.717) is 5.92 Å². The van der Waals surface area contributed by atoms with Gasteiger partial charge < -0.3 is 0 Å². The molecule has 0 bridgehead atoms. The smallest absolute Gasteiger partial charge is 0.00320 e. The third-order valence-electron chi connectivity index (χ3n) is 4.55. The van der Waals surface area contributed by atoms with Gasteiger partial charge >= 0.3 is 0 Å². The molecule has 4 rings (SSSR count). The molecule has 2 aliphatic rings. The summed E-state index contributed by atoms with van der Waals surface area (Å²) in [4.78, 5) is 0. The van der Waals surface area contributed by atoms with Crippen LogP contribution in [-0.2, 0) is 0 Å².